The SMILES string of the molecule is COC(=[Se])Cc1ccccc1. The zero-order chi connectivity index (χ0) is 8.10. The number of benzene rings is 1. The summed E-state index contributed by atoms with van der Waals surface area (Å²) in [6, 6.07) is 10.2. The third-order valence-electron chi connectivity index (χ3n) is 1.42. The van der Waals surface area contributed by atoms with Gasteiger partial charge in [0.25, 0.3) is 0 Å². The van der Waals surface area contributed by atoms with Crippen molar-refractivity contribution >= 4 is 20.2 Å². The van der Waals surface area contributed by atoms with Crippen LogP contribution in [0.3, 0.4) is 0 Å². The van der Waals surface area contributed by atoms with E-state index >= 15 is 0 Å². The average Bonchev–Trinajstić information content (AvgIpc) is 2.06. The molecule has 0 aliphatic rings. The van der Waals surface area contributed by atoms with Crippen LogP contribution < -0.4 is 0 Å². The van der Waals surface area contributed by atoms with Gasteiger partial charge in [0.05, 0.1) is 0 Å². The van der Waals surface area contributed by atoms with Gasteiger partial charge in [-0.1, -0.05) is 0 Å². The van der Waals surface area contributed by atoms with Crippen molar-refractivity contribution in [2.75, 3.05) is 7.11 Å². The minimum atomic E-state index is 0.858. The van der Waals surface area contributed by atoms with Gasteiger partial charge in [0.1, 0.15) is 0 Å². The summed E-state index contributed by atoms with van der Waals surface area (Å²) in [5, 5.41) is 0. The van der Waals surface area contributed by atoms with Crippen molar-refractivity contribution < 1.29 is 4.74 Å². The first-order chi connectivity index (χ1) is 5.33. The number of rotatable bonds is 3. The Morgan fingerprint density at radius 2 is 2.00 bits per heavy atom. The summed E-state index contributed by atoms with van der Waals surface area (Å²) in [5.41, 5.74) is 1.27. The van der Waals surface area contributed by atoms with Gasteiger partial charge in [0, 0.05) is 0 Å². The van der Waals surface area contributed by atoms with E-state index in [2.05, 4.69) is 27.7 Å². The van der Waals surface area contributed by atoms with E-state index in [4.69, 9.17) is 4.74 Å². The van der Waals surface area contributed by atoms with E-state index in [1.165, 1.54) is 5.56 Å². The quantitative estimate of drug-likeness (QED) is 0.685. The average molecular weight is 213 g/mol. The van der Waals surface area contributed by atoms with E-state index in [1.807, 2.05) is 18.2 Å². The maximum atomic E-state index is 5.02. The van der Waals surface area contributed by atoms with Gasteiger partial charge in [-0.3, -0.25) is 0 Å². The summed E-state index contributed by atoms with van der Waals surface area (Å²) in [4.78, 5) is 0. The molecule has 0 saturated carbocycles. The van der Waals surface area contributed by atoms with Crippen molar-refractivity contribution in [2.24, 2.45) is 0 Å². The van der Waals surface area contributed by atoms with Crippen LogP contribution in [-0.2, 0) is 11.2 Å². The van der Waals surface area contributed by atoms with E-state index in [1.54, 1.807) is 7.11 Å². The molecule has 1 nitrogen and oxygen atoms in total. The minimum absolute atomic E-state index is 0.858. The Kier molecular flexibility index (Phi) is 3.34. The van der Waals surface area contributed by atoms with Gasteiger partial charge in [0.2, 0.25) is 0 Å². The van der Waals surface area contributed by atoms with Gasteiger partial charge in [0.15, 0.2) is 0 Å². The second-order valence-electron chi connectivity index (χ2n) is 2.24. The molecular weight excluding hydrogens is 203 g/mol. The van der Waals surface area contributed by atoms with Crippen molar-refractivity contribution in [1.82, 2.24) is 0 Å². The Morgan fingerprint density at radius 3 is 2.55 bits per heavy atom. The maximum absolute atomic E-state index is 5.02. The topological polar surface area (TPSA) is 9.23 Å². The van der Waals surface area contributed by atoms with Crippen molar-refractivity contribution in [2.45, 2.75) is 6.42 Å². The van der Waals surface area contributed by atoms with Crippen molar-refractivity contribution in [3.8, 4) is 0 Å². The van der Waals surface area contributed by atoms with Crippen LogP contribution in [0.15, 0.2) is 30.3 Å². The van der Waals surface area contributed by atoms with Crippen LogP contribution in [-0.4, -0.2) is 27.3 Å². The van der Waals surface area contributed by atoms with Crippen LogP contribution in [0.4, 0.5) is 0 Å². The first-order valence-corrected chi connectivity index (χ1v) is 4.29. The molecule has 0 unspecified atom stereocenters. The summed E-state index contributed by atoms with van der Waals surface area (Å²) < 4.78 is 5.94. The molecule has 2 heteroatoms. The molecule has 0 N–H and O–H groups in total. The van der Waals surface area contributed by atoms with Gasteiger partial charge in [-0.15, -0.1) is 0 Å². The number of hydrogen-bond donors (Lipinski definition) is 0. The molecular formula is C9H10OSe. The second-order valence-corrected chi connectivity index (χ2v) is 3.19. The Balaban J connectivity index is 2.58. The van der Waals surface area contributed by atoms with Gasteiger partial charge in [-0.25, -0.2) is 0 Å². The molecule has 11 heavy (non-hydrogen) atoms. The van der Waals surface area contributed by atoms with Crippen LogP contribution in [0.2, 0.25) is 0 Å². The van der Waals surface area contributed by atoms with Crippen LogP contribution in [0.25, 0.3) is 0 Å². The zero-order valence-corrected chi connectivity index (χ0v) is 8.12. The predicted molar refractivity (Wildman–Crippen MR) is 47.9 cm³/mol. The molecule has 1 rings (SSSR count). The zero-order valence-electron chi connectivity index (χ0n) is 6.41. The van der Waals surface area contributed by atoms with Crippen molar-refractivity contribution in [1.29, 1.82) is 0 Å². The Morgan fingerprint density at radius 1 is 1.36 bits per heavy atom. The van der Waals surface area contributed by atoms with E-state index in [0.29, 0.717) is 0 Å². The number of methoxy groups -OCH3 is 1. The molecule has 0 aliphatic heterocycles. The summed E-state index contributed by atoms with van der Waals surface area (Å²) >= 11 is 2.87. The first-order valence-electron chi connectivity index (χ1n) is 3.43. The molecule has 0 bridgehead atoms. The Labute approximate surface area is 74.7 Å². The van der Waals surface area contributed by atoms with E-state index < -0.39 is 0 Å². The van der Waals surface area contributed by atoms with Crippen LogP contribution in [0, 0.1) is 0 Å². The summed E-state index contributed by atoms with van der Waals surface area (Å²) in [6.45, 7) is 0. The molecule has 0 spiro atoms. The fourth-order valence-corrected chi connectivity index (χ4v) is 1.18. The van der Waals surface area contributed by atoms with Crippen molar-refractivity contribution in [3.63, 3.8) is 0 Å². The van der Waals surface area contributed by atoms with Gasteiger partial charge in [-0.05, 0) is 0 Å². The molecule has 0 radical (unpaired) electrons. The van der Waals surface area contributed by atoms with Gasteiger partial charge < -0.3 is 0 Å². The molecule has 0 saturated heterocycles. The third-order valence-corrected chi connectivity index (χ3v) is 2.07. The summed E-state index contributed by atoms with van der Waals surface area (Å²) in [6.07, 6.45) is 0.858. The fourth-order valence-electron chi connectivity index (χ4n) is 0.835. The number of hydrogen-bond acceptors (Lipinski definition) is 1. The summed E-state index contributed by atoms with van der Waals surface area (Å²) in [5.74, 6) is 0. The second kappa shape index (κ2) is 4.32. The van der Waals surface area contributed by atoms with Gasteiger partial charge in [-0.2, -0.15) is 0 Å². The molecule has 0 heterocycles. The van der Waals surface area contributed by atoms with E-state index in [0.717, 1.165) is 11.0 Å². The predicted octanol–water partition coefficient (Wildman–Crippen LogP) is 1.17. The fraction of sp³-hybridized carbons (Fsp3) is 0.222. The first kappa shape index (κ1) is 8.51. The molecule has 0 amide bonds. The molecule has 0 aliphatic carbocycles. The van der Waals surface area contributed by atoms with Crippen LogP contribution in [0.1, 0.15) is 5.56 Å². The van der Waals surface area contributed by atoms with Gasteiger partial charge >= 0.3 is 74.3 Å². The molecule has 58 valence electrons. The monoisotopic (exact) mass is 214 g/mol. The molecule has 0 aromatic heterocycles. The molecule has 0 atom stereocenters. The molecule has 1 aromatic carbocycles. The van der Waals surface area contributed by atoms with Crippen LogP contribution in [0.5, 0.6) is 0 Å². The van der Waals surface area contributed by atoms with Crippen molar-refractivity contribution in [3.05, 3.63) is 35.9 Å². The third kappa shape index (κ3) is 2.87. The Hall–Kier alpha value is -0.591. The molecule has 1 aromatic rings. The van der Waals surface area contributed by atoms with E-state index in [-0.39, 0.29) is 0 Å². The van der Waals surface area contributed by atoms with Crippen LogP contribution >= 0.6 is 0 Å². The normalized spacial score (nSPS) is 9.18. The number of ether oxygens (including phenoxy) is 1. The standard InChI is InChI=1S/C9H10OSe/c1-10-9(11)7-8-5-3-2-4-6-8/h2-6H,7H2,1H3. The molecule has 0 fully saturated rings. The summed E-state index contributed by atoms with van der Waals surface area (Å²) in [7, 11) is 1.68. The Bertz CT molecular complexity index is 231. The van der Waals surface area contributed by atoms with E-state index in [9.17, 15) is 0 Å².